The van der Waals surface area contributed by atoms with Crippen molar-refractivity contribution >= 4 is 23.1 Å². The van der Waals surface area contributed by atoms with E-state index >= 15 is 0 Å². The van der Waals surface area contributed by atoms with Gasteiger partial charge in [-0.3, -0.25) is 0 Å². The van der Waals surface area contributed by atoms with Gasteiger partial charge in [0.1, 0.15) is 4.75 Å². The van der Waals surface area contributed by atoms with Crippen molar-refractivity contribution in [3.05, 3.63) is 59.2 Å². The molecule has 0 amide bonds. The lowest BCUT2D eigenvalue weighted by Crippen LogP contribution is -2.38. The smallest absolute Gasteiger partial charge is 0.416 e. The van der Waals surface area contributed by atoms with E-state index in [4.69, 9.17) is 5.14 Å². The maximum Gasteiger partial charge on any atom is 0.416 e. The number of aliphatic hydroxyl groups is 1. The zero-order chi connectivity index (χ0) is 20.2. The third kappa shape index (κ3) is 5.89. The molecule has 0 saturated heterocycles. The molecule has 2 aromatic carbocycles. The Kier molecular flexibility index (Phi) is 7.27. The molecule has 148 valence electrons. The van der Waals surface area contributed by atoms with Crippen molar-refractivity contribution in [2.75, 3.05) is 0 Å². The van der Waals surface area contributed by atoms with E-state index < -0.39 is 27.8 Å². The van der Waals surface area contributed by atoms with Gasteiger partial charge in [0.2, 0.25) is 0 Å². The van der Waals surface area contributed by atoms with Crippen LogP contribution in [0.5, 0.6) is 0 Å². The molecule has 0 aliphatic rings. The van der Waals surface area contributed by atoms with E-state index in [2.05, 4.69) is 0 Å². The third-order valence-corrected chi connectivity index (χ3v) is 6.81. The Morgan fingerprint density at radius 2 is 1.74 bits per heavy atom. The second-order valence-electron chi connectivity index (χ2n) is 6.75. The van der Waals surface area contributed by atoms with Gasteiger partial charge in [0.05, 0.1) is 12.2 Å². The first kappa shape index (κ1) is 22.1. The third-order valence-electron chi connectivity index (χ3n) is 4.30. The van der Waals surface area contributed by atoms with E-state index in [-0.39, 0.29) is 6.61 Å². The maximum atomic E-state index is 13.2. The predicted molar refractivity (Wildman–Crippen MR) is 103 cm³/mol. The molecule has 0 radical (unpaired) electrons. The van der Waals surface area contributed by atoms with Crippen LogP contribution in [-0.4, -0.2) is 14.4 Å². The van der Waals surface area contributed by atoms with Crippen LogP contribution in [0, 0.1) is 0 Å². The van der Waals surface area contributed by atoms with Crippen molar-refractivity contribution in [1.82, 2.24) is 0 Å². The summed E-state index contributed by atoms with van der Waals surface area (Å²) in [6.07, 6.45) is -3.53. The standard InChI is InChI=1S/C19H22F3NO2S2/c1-18(2,27(23)25)10-9-13-7-8-15(19(20,21)22)11-17(13)26-16-6-4-3-5-14(16)12-24/h3-8,11,24H,9-10,12,23H2,1-2H3. The summed E-state index contributed by atoms with van der Waals surface area (Å²) in [5.41, 5.74) is 0.644. The molecular formula is C19H22F3NO2S2. The minimum atomic E-state index is -4.44. The van der Waals surface area contributed by atoms with E-state index in [1.807, 2.05) is 0 Å². The number of rotatable bonds is 7. The maximum absolute atomic E-state index is 13.2. The molecule has 0 fully saturated rings. The van der Waals surface area contributed by atoms with Gasteiger partial charge in [0.15, 0.2) is 0 Å². The fraction of sp³-hybridized carbons (Fsp3) is 0.368. The van der Waals surface area contributed by atoms with Gasteiger partial charge in [-0.25, -0.2) is 0 Å². The summed E-state index contributed by atoms with van der Waals surface area (Å²) in [7, 11) is 0. The molecule has 0 aliphatic heterocycles. The summed E-state index contributed by atoms with van der Waals surface area (Å²) in [5, 5.41) is 15.0. The first-order valence-corrected chi connectivity index (χ1v) is 10.3. The van der Waals surface area contributed by atoms with Gasteiger partial charge in [-0.2, -0.15) is 18.3 Å². The number of aryl methyl sites for hydroxylation is 1. The first-order chi connectivity index (χ1) is 12.5. The fourth-order valence-corrected chi connectivity index (χ4v) is 3.86. The Labute approximate surface area is 164 Å². The summed E-state index contributed by atoms with van der Waals surface area (Å²) in [4.78, 5) is 1.16. The van der Waals surface area contributed by atoms with Gasteiger partial charge < -0.3 is 9.66 Å². The lowest BCUT2D eigenvalue weighted by Gasteiger charge is -2.24. The summed E-state index contributed by atoms with van der Waals surface area (Å²) < 4.78 is 50.5. The summed E-state index contributed by atoms with van der Waals surface area (Å²) in [6.45, 7) is 3.33. The Hall–Kier alpha value is -1.19. The molecule has 27 heavy (non-hydrogen) atoms. The number of halogens is 3. The molecule has 1 unspecified atom stereocenters. The quantitative estimate of drug-likeness (QED) is 0.642. The molecule has 2 rings (SSSR count). The van der Waals surface area contributed by atoms with Gasteiger partial charge >= 0.3 is 6.18 Å². The van der Waals surface area contributed by atoms with Crippen LogP contribution in [0.1, 0.15) is 37.0 Å². The van der Waals surface area contributed by atoms with E-state index in [0.717, 1.165) is 17.7 Å². The van der Waals surface area contributed by atoms with Crippen molar-refractivity contribution in [3.8, 4) is 0 Å². The Morgan fingerprint density at radius 3 is 2.33 bits per heavy atom. The molecule has 2 aromatic rings. The number of alkyl halides is 3. The van der Waals surface area contributed by atoms with Crippen LogP contribution in [-0.2, 0) is 30.6 Å². The molecule has 3 N–H and O–H groups in total. The highest BCUT2D eigenvalue weighted by Crippen LogP contribution is 2.38. The molecule has 0 aliphatic carbocycles. The minimum Gasteiger partial charge on any atom is -0.598 e. The van der Waals surface area contributed by atoms with Gasteiger partial charge in [-0.15, -0.1) is 0 Å². The minimum absolute atomic E-state index is 0.198. The summed E-state index contributed by atoms with van der Waals surface area (Å²) in [6, 6.07) is 10.7. The number of benzene rings is 2. The van der Waals surface area contributed by atoms with E-state index in [0.29, 0.717) is 28.2 Å². The molecule has 0 saturated carbocycles. The Morgan fingerprint density at radius 1 is 1.07 bits per heavy atom. The molecule has 0 aromatic heterocycles. The number of hydrogen-bond acceptors (Lipinski definition) is 4. The lowest BCUT2D eigenvalue weighted by atomic mass is 10.0. The van der Waals surface area contributed by atoms with Crippen molar-refractivity contribution < 1.29 is 22.8 Å². The number of hydrogen-bond donors (Lipinski definition) is 2. The van der Waals surface area contributed by atoms with E-state index in [9.17, 15) is 22.8 Å². The molecule has 1 atom stereocenters. The van der Waals surface area contributed by atoms with Crippen LogP contribution in [0.3, 0.4) is 0 Å². The second-order valence-corrected chi connectivity index (χ2v) is 9.53. The van der Waals surface area contributed by atoms with Crippen molar-refractivity contribution in [1.29, 1.82) is 0 Å². The average molecular weight is 418 g/mol. The first-order valence-electron chi connectivity index (χ1n) is 8.27. The van der Waals surface area contributed by atoms with Gasteiger partial charge in [-0.1, -0.05) is 36.0 Å². The highest BCUT2D eigenvalue weighted by Gasteiger charge is 2.32. The van der Waals surface area contributed by atoms with Gasteiger partial charge in [0, 0.05) is 27.6 Å². The SMILES string of the molecule is CC(C)(CCc1ccc(C(F)(F)F)cc1Sc1ccccc1CO)[S+](N)[O-]. The Bertz CT molecular complexity index is 780. The molecule has 8 heteroatoms. The topological polar surface area (TPSA) is 69.3 Å². The zero-order valence-corrected chi connectivity index (χ0v) is 16.7. The lowest BCUT2D eigenvalue weighted by molar-refractivity contribution is -0.137. The van der Waals surface area contributed by atoms with Crippen molar-refractivity contribution in [2.24, 2.45) is 5.14 Å². The molecular weight excluding hydrogens is 395 g/mol. The van der Waals surface area contributed by atoms with Crippen LogP contribution < -0.4 is 5.14 Å². The van der Waals surface area contributed by atoms with Crippen LogP contribution in [0.15, 0.2) is 52.3 Å². The van der Waals surface area contributed by atoms with Crippen LogP contribution in [0.25, 0.3) is 0 Å². The van der Waals surface area contributed by atoms with Gasteiger partial charge in [-0.05, 0) is 49.6 Å². The molecule has 0 heterocycles. The number of aliphatic hydroxyl groups excluding tert-OH is 1. The molecule has 3 nitrogen and oxygen atoms in total. The predicted octanol–water partition coefficient (Wildman–Crippen LogP) is 4.68. The van der Waals surface area contributed by atoms with Gasteiger partial charge in [0.25, 0.3) is 0 Å². The van der Waals surface area contributed by atoms with Crippen molar-refractivity contribution in [3.63, 3.8) is 0 Å². The summed E-state index contributed by atoms with van der Waals surface area (Å²) in [5.74, 6) is 0. The molecule has 0 spiro atoms. The van der Waals surface area contributed by atoms with Crippen LogP contribution in [0.4, 0.5) is 13.2 Å². The normalized spacial score (nSPS) is 13.6. The fourth-order valence-electron chi connectivity index (χ4n) is 2.42. The molecule has 0 bridgehead atoms. The van der Waals surface area contributed by atoms with Crippen LogP contribution in [0.2, 0.25) is 0 Å². The average Bonchev–Trinajstić information content (AvgIpc) is 2.60. The Balaban J connectivity index is 2.38. The number of nitrogens with two attached hydrogens (primary N) is 1. The monoisotopic (exact) mass is 417 g/mol. The highest BCUT2D eigenvalue weighted by atomic mass is 32.2. The zero-order valence-electron chi connectivity index (χ0n) is 15.0. The van der Waals surface area contributed by atoms with Crippen molar-refractivity contribution in [2.45, 2.75) is 54.0 Å². The van der Waals surface area contributed by atoms with Crippen LogP contribution >= 0.6 is 11.8 Å². The van der Waals surface area contributed by atoms with E-state index in [1.165, 1.54) is 17.8 Å². The highest BCUT2D eigenvalue weighted by molar-refractivity contribution is 7.99. The van der Waals surface area contributed by atoms with E-state index in [1.54, 1.807) is 38.1 Å². The summed E-state index contributed by atoms with van der Waals surface area (Å²) >= 11 is -0.350. The largest absolute Gasteiger partial charge is 0.598 e. The second kappa shape index (κ2) is 8.87.